The molecular formula is C21H18N2O. The second-order valence-electron chi connectivity index (χ2n) is 6.32. The molecule has 1 atom stereocenters. The van der Waals surface area contributed by atoms with Crippen molar-refractivity contribution in [1.82, 2.24) is 4.98 Å². The number of nitrogens with zero attached hydrogens (tertiary/aromatic N) is 2. The SMILES string of the molecule is CC1=NC(C)(c2cccc(-c3ccc(O)c4ccccc34)n2)C=C1. The predicted molar refractivity (Wildman–Crippen MR) is 98.4 cm³/mol. The van der Waals surface area contributed by atoms with Crippen LogP contribution < -0.4 is 0 Å². The summed E-state index contributed by atoms with van der Waals surface area (Å²) in [6, 6.07) is 17.5. The van der Waals surface area contributed by atoms with Gasteiger partial charge in [-0.1, -0.05) is 30.3 Å². The number of hydrogen-bond donors (Lipinski definition) is 1. The number of pyridine rings is 1. The third kappa shape index (κ3) is 2.29. The van der Waals surface area contributed by atoms with Gasteiger partial charge in [-0.05, 0) is 55.7 Å². The molecule has 118 valence electrons. The van der Waals surface area contributed by atoms with Crippen molar-refractivity contribution < 1.29 is 5.11 Å². The molecule has 0 fully saturated rings. The highest BCUT2D eigenvalue weighted by Gasteiger charge is 2.27. The van der Waals surface area contributed by atoms with Crippen LogP contribution in [0.3, 0.4) is 0 Å². The largest absolute Gasteiger partial charge is 0.507 e. The van der Waals surface area contributed by atoms with Gasteiger partial charge >= 0.3 is 0 Å². The van der Waals surface area contributed by atoms with E-state index in [0.717, 1.165) is 33.4 Å². The molecule has 3 heteroatoms. The standard InChI is InChI=1S/C21H18N2O/c1-14-12-13-21(2,23-14)20-9-5-8-18(22-20)16-10-11-19(24)17-7-4-3-6-15(16)17/h3-13,24H,1-2H3. The Balaban J connectivity index is 1.89. The van der Waals surface area contributed by atoms with E-state index in [1.165, 1.54) is 0 Å². The van der Waals surface area contributed by atoms with Crippen molar-refractivity contribution in [2.24, 2.45) is 4.99 Å². The highest BCUT2D eigenvalue weighted by molar-refractivity contribution is 5.99. The Morgan fingerprint density at radius 3 is 2.46 bits per heavy atom. The topological polar surface area (TPSA) is 45.5 Å². The number of phenolic OH excluding ortho intramolecular Hbond substituents is 1. The fourth-order valence-corrected chi connectivity index (χ4v) is 3.24. The van der Waals surface area contributed by atoms with Crippen LogP contribution in [0.1, 0.15) is 19.5 Å². The Labute approximate surface area is 141 Å². The summed E-state index contributed by atoms with van der Waals surface area (Å²) < 4.78 is 0. The Morgan fingerprint density at radius 2 is 1.71 bits per heavy atom. The number of fused-ring (bicyclic) bond motifs is 1. The molecular weight excluding hydrogens is 296 g/mol. The van der Waals surface area contributed by atoms with Crippen LogP contribution in [0.4, 0.5) is 0 Å². The van der Waals surface area contributed by atoms with Crippen molar-refractivity contribution in [2.45, 2.75) is 19.4 Å². The van der Waals surface area contributed by atoms with Crippen LogP contribution >= 0.6 is 0 Å². The number of aliphatic imine (C=N–C) groups is 1. The van der Waals surface area contributed by atoms with Gasteiger partial charge < -0.3 is 5.11 Å². The van der Waals surface area contributed by atoms with Gasteiger partial charge in [0.25, 0.3) is 0 Å². The van der Waals surface area contributed by atoms with E-state index in [1.54, 1.807) is 6.07 Å². The normalized spacial score (nSPS) is 19.7. The van der Waals surface area contributed by atoms with E-state index >= 15 is 0 Å². The van der Waals surface area contributed by atoms with Crippen molar-refractivity contribution in [3.8, 4) is 17.0 Å². The lowest BCUT2D eigenvalue weighted by molar-refractivity contribution is 0.481. The summed E-state index contributed by atoms with van der Waals surface area (Å²) in [5.41, 5.74) is 3.42. The lowest BCUT2D eigenvalue weighted by Gasteiger charge is -2.19. The molecule has 1 aliphatic heterocycles. The maximum Gasteiger partial charge on any atom is 0.123 e. The van der Waals surface area contributed by atoms with Crippen molar-refractivity contribution in [1.29, 1.82) is 0 Å². The van der Waals surface area contributed by atoms with Gasteiger partial charge in [-0.3, -0.25) is 4.99 Å². The van der Waals surface area contributed by atoms with Crippen molar-refractivity contribution in [3.05, 3.63) is 72.4 Å². The molecule has 4 rings (SSSR count). The molecule has 0 saturated heterocycles. The second kappa shape index (κ2) is 5.31. The number of hydrogen-bond acceptors (Lipinski definition) is 3. The maximum absolute atomic E-state index is 10.1. The Hall–Kier alpha value is -2.94. The van der Waals surface area contributed by atoms with Crippen LogP contribution in [0.5, 0.6) is 5.75 Å². The fraction of sp³-hybridized carbons (Fsp3) is 0.143. The zero-order valence-corrected chi connectivity index (χ0v) is 13.7. The van der Waals surface area contributed by atoms with Crippen LogP contribution in [0.2, 0.25) is 0 Å². The summed E-state index contributed by atoms with van der Waals surface area (Å²) in [4.78, 5) is 9.58. The molecule has 0 aliphatic carbocycles. The summed E-state index contributed by atoms with van der Waals surface area (Å²) in [7, 11) is 0. The van der Waals surface area contributed by atoms with E-state index in [1.807, 2.05) is 61.5 Å². The zero-order chi connectivity index (χ0) is 16.7. The van der Waals surface area contributed by atoms with Crippen molar-refractivity contribution >= 4 is 16.5 Å². The second-order valence-corrected chi connectivity index (χ2v) is 6.32. The minimum atomic E-state index is -0.410. The molecule has 2 heterocycles. The third-order valence-electron chi connectivity index (χ3n) is 4.50. The summed E-state index contributed by atoms with van der Waals surface area (Å²) in [5, 5.41) is 11.9. The lowest BCUT2D eigenvalue weighted by atomic mass is 9.96. The van der Waals surface area contributed by atoms with Gasteiger partial charge in [0.1, 0.15) is 11.3 Å². The van der Waals surface area contributed by atoms with Gasteiger partial charge in [0.15, 0.2) is 0 Å². The number of aromatic hydroxyl groups is 1. The Morgan fingerprint density at radius 1 is 0.917 bits per heavy atom. The molecule has 3 nitrogen and oxygen atoms in total. The first kappa shape index (κ1) is 14.6. The minimum Gasteiger partial charge on any atom is -0.507 e. The minimum absolute atomic E-state index is 0.288. The van der Waals surface area contributed by atoms with E-state index in [9.17, 15) is 5.11 Å². The molecule has 1 aromatic heterocycles. The Bertz CT molecular complexity index is 1000. The molecule has 24 heavy (non-hydrogen) atoms. The molecule has 1 aliphatic rings. The number of allylic oxidation sites excluding steroid dienone is 1. The van der Waals surface area contributed by atoms with Gasteiger partial charge in [-0.2, -0.15) is 0 Å². The van der Waals surface area contributed by atoms with Crippen LogP contribution in [-0.2, 0) is 5.54 Å². The summed E-state index contributed by atoms with van der Waals surface area (Å²) >= 11 is 0. The van der Waals surface area contributed by atoms with E-state index in [4.69, 9.17) is 9.98 Å². The maximum atomic E-state index is 10.1. The highest BCUT2D eigenvalue weighted by Crippen LogP contribution is 2.35. The predicted octanol–water partition coefficient (Wildman–Crippen LogP) is 4.85. The van der Waals surface area contributed by atoms with Gasteiger partial charge in [-0.25, -0.2) is 4.98 Å². The van der Waals surface area contributed by atoms with Gasteiger partial charge in [-0.15, -0.1) is 0 Å². The van der Waals surface area contributed by atoms with E-state index in [0.29, 0.717) is 0 Å². The summed E-state index contributed by atoms with van der Waals surface area (Å²) in [6.45, 7) is 4.07. The monoisotopic (exact) mass is 314 g/mol. The average molecular weight is 314 g/mol. The van der Waals surface area contributed by atoms with E-state index in [-0.39, 0.29) is 5.75 Å². The van der Waals surface area contributed by atoms with Crippen LogP contribution in [0.15, 0.2) is 71.7 Å². The number of aromatic nitrogens is 1. The van der Waals surface area contributed by atoms with Crippen molar-refractivity contribution in [2.75, 3.05) is 0 Å². The molecule has 2 aromatic carbocycles. The molecule has 1 N–H and O–H groups in total. The molecule has 0 amide bonds. The molecule has 0 spiro atoms. The summed E-state index contributed by atoms with van der Waals surface area (Å²) in [6.07, 6.45) is 4.12. The molecule has 0 bridgehead atoms. The van der Waals surface area contributed by atoms with E-state index < -0.39 is 5.54 Å². The van der Waals surface area contributed by atoms with Crippen molar-refractivity contribution in [3.63, 3.8) is 0 Å². The first-order valence-corrected chi connectivity index (χ1v) is 8.01. The first-order chi connectivity index (χ1) is 11.6. The number of benzene rings is 2. The average Bonchev–Trinajstić information content (AvgIpc) is 2.96. The molecule has 3 aromatic rings. The number of rotatable bonds is 2. The Kier molecular flexibility index (Phi) is 3.24. The molecule has 0 radical (unpaired) electrons. The van der Waals surface area contributed by atoms with Crippen LogP contribution in [-0.4, -0.2) is 15.8 Å². The summed E-state index contributed by atoms with van der Waals surface area (Å²) in [5.74, 6) is 0.288. The molecule has 1 unspecified atom stereocenters. The third-order valence-corrected chi connectivity index (χ3v) is 4.50. The quantitative estimate of drug-likeness (QED) is 0.734. The lowest BCUT2D eigenvalue weighted by Crippen LogP contribution is -2.16. The van der Waals surface area contributed by atoms with E-state index in [2.05, 4.69) is 13.0 Å². The zero-order valence-electron chi connectivity index (χ0n) is 13.7. The van der Waals surface area contributed by atoms with Crippen LogP contribution in [0, 0.1) is 0 Å². The van der Waals surface area contributed by atoms with Gasteiger partial charge in [0.05, 0.1) is 11.4 Å². The van der Waals surface area contributed by atoms with Gasteiger partial charge in [0.2, 0.25) is 0 Å². The molecule has 0 saturated carbocycles. The highest BCUT2D eigenvalue weighted by atomic mass is 16.3. The smallest absolute Gasteiger partial charge is 0.123 e. The van der Waals surface area contributed by atoms with Gasteiger partial charge in [0, 0.05) is 16.7 Å². The first-order valence-electron chi connectivity index (χ1n) is 8.01. The van der Waals surface area contributed by atoms with Crippen LogP contribution in [0.25, 0.3) is 22.0 Å². The fourth-order valence-electron chi connectivity index (χ4n) is 3.24. The number of phenols is 1.